The Hall–Kier alpha value is -1.51. The largest absolute Gasteiger partial charge is 0.444 e. The number of ether oxygens (including phenoxy) is 1. The van der Waals surface area contributed by atoms with Crippen LogP contribution in [-0.4, -0.2) is 42.7 Å². The number of anilines is 1. The van der Waals surface area contributed by atoms with Crippen molar-refractivity contribution in [3.63, 3.8) is 0 Å². The number of rotatable bonds is 5. The third-order valence-corrected chi connectivity index (χ3v) is 3.36. The van der Waals surface area contributed by atoms with Gasteiger partial charge < -0.3 is 20.7 Å². The smallest absolute Gasteiger partial charge is 0.410 e. The van der Waals surface area contributed by atoms with Crippen molar-refractivity contribution in [3.8, 4) is 0 Å². The first kappa shape index (κ1) is 24.5. The predicted octanol–water partition coefficient (Wildman–Crippen LogP) is 4.15. The summed E-state index contributed by atoms with van der Waals surface area (Å²) in [5, 5.41) is 3.11. The summed E-state index contributed by atoms with van der Waals surface area (Å²) in [6, 6.07) is 6.15. The molecule has 6 nitrogen and oxygen atoms in total. The third kappa shape index (κ3) is 9.84. The van der Waals surface area contributed by atoms with E-state index in [2.05, 4.69) is 16.4 Å². The second-order valence-corrected chi connectivity index (χ2v) is 7.69. The van der Waals surface area contributed by atoms with E-state index < -0.39 is 5.60 Å². The van der Waals surface area contributed by atoms with Crippen LogP contribution >= 0.6 is 24.0 Å². The number of aryl methyl sites for hydroxylation is 2. The summed E-state index contributed by atoms with van der Waals surface area (Å²) < 4.78 is 5.34. The minimum atomic E-state index is -0.493. The Morgan fingerprint density at radius 2 is 1.81 bits per heavy atom. The first-order valence-electron chi connectivity index (χ1n) is 8.55. The van der Waals surface area contributed by atoms with E-state index in [0.29, 0.717) is 19.0 Å². The molecule has 7 heteroatoms. The molecule has 1 atom stereocenters. The first-order chi connectivity index (χ1) is 11.5. The topological polar surface area (TPSA) is 80.0 Å². The summed E-state index contributed by atoms with van der Waals surface area (Å²) in [5.74, 6) is 0.536. The van der Waals surface area contributed by atoms with E-state index >= 15 is 0 Å². The van der Waals surface area contributed by atoms with Crippen molar-refractivity contribution in [2.24, 2.45) is 16.6 Å². The number of amides is 1. The molecule has 0 radical (unpaired) electrons. The van der Waals surface area contributed by atoms with Crippen molar-refractivity contribution in [1.82, 2.24) is 4.90 Å². The highest BCUT2D eigenvalue weighted by molar-refractivity contribution is 14.0. The van der Waals surface area contributed by atoms with E-state index in [1.807, 2.05) is 53.7 Å². The number of hydrogen-bond donors (Lipinski definition) is 2. The predicted molar refractivity (Wildman–Crippen MR) is 119 cm³/mol. The summed E-state index contributed by atoms with van der Waals surface area (Å²) in [6.07, 6.45) is -0.329. The average Bonchev–Trinajstić information content (AvgIpc) is 2.42. The van der Waals surface area contributed by atoms with Crippen LogP contribution in [0.4, 0.5) is 10.5 Å². The number of nitrogens with zero attached hydrogens (tertiary/aromatic N) is 2. The monoisotopic (exact) mass is 476 g/mol. The maximum Gasteiger partial charge on any atom is 0.410 e. The normalized spacial score (nSPS) is 12.8. The van der Waals surface area contributed by atoms with Gasteiger partial charge in [0.2, 0.25) is 0 Å². The molecule has 1 aromatic carbocycles. The number of aliphatic imine (C=N–C) groups is 1. The maximum absolute atomic E-state index is 12.0. The lowest BCUT2D eigenvalue weighted by atomic mass is 10.1. The van der Waals surface area contributed by atoms with Crippen LogP contribution in [0.15, 0.2) is 23.2 Å². The van der Waals surface area contributed by atoms with E-state index in [0.717, 1.165) is 5.69 Å². The number of carbonyl (C=O) groups excluding carboxylic acids is 1. The zero-order valence-corrected chi connectivity index (χ0v) is 19.3. The van der Waals surface area contributed by atoms with Crippen LogP contribution in [0, 0.1) is 19.8 Å². The Labute approximate surface area is 174 Å². The highest BCUT2D eigenvalue weighted by atomic mass is 127. The van der Waals surface area contributed by atoms with Crippen molar-refractivity contribution in [2.75, 3.05) is 25.5 Å². The fraction of sp³-hybridized carbons (Fsp3) is 0.579. The van der Waals surface area contributed by atoms with Gasteiger partial charge in [0.25, 0.3) is 0 Å². The van der Waals surface area contributed by atoms with Crippen molar-refractivity contribution < 1.29 is 9.53 Å². The number of benzene rings is 1. The Kier molecular flexibility index (Phi) is 9.98. The molecular formula is C19H33IN4O2. The van der Waals surface area contributed by atoms with Gasteiger partial charge in [0.05, 0.1) is 0 Å². The van der Waals surface area contributed by atoms with Gasteiger partial charge in [-0.3, -0.25) is 4.99 Å². The van der Waals surface area contributed by atoms with E-state index in [1.165, 1.54) is 11.1 Å². The molecule has 148 valence electrons. The van der Waals surface area contributed by atoms with Crippen LogP contribution in [0.5, 0.6) is 0 Å². The molecule has 26 heavy (non-hydrogen) atoms. The van der Waals surface area contributed by atoms with Crippen molar-refractivity contribution in [3.05, 3.63) is 29.3 Å². The van der Waals surface area contributed by atoms with Gasteiger partial charge in [-0.1, -0.05) is 13.0 Å². The van der Waals surface area contributed by atoms with Crippen LogP contribution < -0.4 is 11.1 Å². The fourth-order valence-electron chi connectivity index (χ4n) is 2.43. The Balaban J connectivity index is 0.00000625. The van der Waals surface area contributed by atoms with E-state index in [1.54, 1.807) is 11.9 Å². The number of nitrogens with two attached hydrogens (primary N) is 1. The lowest BCUT2D eigenvalue weighted by Crippen LogP contribution is -2.37. The molecule has 0 spiro atoms. The second kappa shape index (κ2) is 10.6. The first-order valence-corrected chi connectivity index (χ1v) is 8.55. The van der Waals surface area contributed by atoms with Crippen molar-refractivity contribution in [1.29, 1.82) is 0 Å². The molecule has 1 aromatic rings. The summed E-state index contributed by atoms with van der Waals surface area (Å²) in [5.41, 5.74) is 8.73. The summed E-state index contributed by atoms with van der Waals surface area (Å²) in [7, 11) is 1.73. The summed E-state index contributed by atoms with van der Waals surface area (Å²) in [6.45, 7) is 12.7. The number of hydrogen-bond acceptors (Lipinski definition) is 3. The van der Waals surface area contributed by atoms with Gasteiger partial charge in [0, 0.05) is 25.8 Å². The molecule has 0 heterocycles. The zero-order chi connectivity index (χ0) is 19.2. The molecule has 1 unspecified atom stereocenters. The highest BCUT2D eigenvalue weighted by Crippen LogP contribution is 2.13. The molecule has 0 bridgehead atoms. The lowest BCUT2D eigenvalue weighted by molar-refractivity contribution is 0.0279. The van der Waals surface area contributed by atoms with E-state index in [-0.39, 0.29) is 36.0 Å². The van der Waals surface area contributed by atoms with Gasteiger partial charge in [0.1, 0.15) is 5.60 Å². The zero-order valence-electron chi connectivity index (χ0n) is 16.9. The number of halogens is 1. The molecule has 0 fully saturated rings. The SMILES string of the molecule is Cc1cc(C)cc(NC(N)=NCC(C)CN(C)C(=O)OC(C)(C)C)c1.I. The Bertz CT molecular complexity index is 606. The molecule has 0 aliphatic heterocycles. The minimum absolute atomic E-state index is 0. The van der Waals surface area contributed by atoms with Crippen LogP contribution in [0.1, 0.15) is 38.8 Å². The summed E-state index contributed by atoms with van der Waals surface area (Å²) >= 11 is 0. The molecule has 1 rings (SSSR count). The van der Waals surface area contributed by atoms with Crippen LogP contribution in [0.25, 0.3) is 0 Å². The van der Waals surface area contributed by atoms with Gasteiger partial charge >= 0.3 is 6.09 Å². The molecule has 1 amide bonds. The number of carbonyl (C=O) groups is 1. The van der Waals surface area contributed by atoms with Gasteiger partial charge in [-0.25, -0.2) is 4.79 Å². The lowest BCUT2D eigenvalue weighted by Gasteiger charge is -2.26. The molecule has 0 aliphatic carbocycles. The fourth-order valence-corrected chi connectivity index (χ4v) is 2.43. The third-order valence-electron chi connectivity index (χ3n) is 3.36. The van der Waals surface area contributed by atoms with Crippen LogP contribution in [-0.2, 0) is 4.74 Å². The number of guanidine groups is 1. The van der Waals surface area contributed by atoms with Crippen molar-refractivity contribution >= 4 is 41.7 Å². The van der Waals surface area contributed by atoms with Gasteiger partial charge in [-0.05, 0) is 63.8 Å². The maximum atomic E-state index is 12.0. The summed E-state index contributed by atoms with van der Waals surface area (Å²) in [4.78, 5) is 17.9. The van der Waals surface area contributed by atoms with Crippen LogP contribution in [0.3, 0.4) is 0 Å². The quantitative estimate of drug-likeness (QED) is 0.380. The van der Waals surface area contributed by atoms with Crippen molar-refractivity contribution in [2.45, 2.75) is 47.1 Å². The molecule has 0 saturated heterocycles. The van der Waals surface area contributed by atoms with Gasteiger partial charge in [-0.15, -0.1) is 24.0 Å². The Morgan fingerprint density at radius 1 is 1.27 bits per heavy atom. The average molecular weight is 476 g/mol. The minimum Gasteiger partial charge on any atom is -0.444 e. The highest BCUT2D eigenvalue weighted by Gasteiger charge is 2.20. The molecule has 0 aromatic heterocycles. The standard InChI is InChI=1S/C19H32N4O2.HI/c1-13-8-14(2)10-16(9-13)22-17(20)21-11-15(3)12-23(7)18(24)25-19(4,5)6;/h8-10,15H,11-12H2,1-7H3,(H3,20,21,22);1H. The molecule has 0 aliphatic rings. The van der Waals surface area contributed by atoms with Gasteiger partial charge in [0.15, 0.2) is 5.96 Å². The number of nitrogens with one attached hydrogen (secondary N) is 1. The van der Waals surface area contributed by atoms with Gasteiger partial charge in [-0.2, -0.15) is 0 Å². The van der Waals surface area contributed by atoms with E-state index in [9.17, 15) is 4.79 Å². The second-order valence-electron chi connectivity index (χ2n) is 7.69. The van der Waals surface area contributed by atoms with E-state index in [4.69, 9.17) is 10.5 Å². The Morgan fingerprint density at radius 3 is 2.31 bits per heavy atom. The molecule has 3 N–H and O–H groups in total. The molecular weight excluding hydrogens is 443 g/mol. The molecule has 0 saturated carbocycles. The van der Waals surface area contributed by atoms with Crippen LogP contribution in [0.2, 0.25) is 0 Å².